The van der Waals surface area contributed by atoms with Gasteiger partial charge in [0.1, 0.15) is 44.3 Å². The first-order chi connectivity index (χ1) is 14.0. The van der Waals surface area contributed by atoms with Gasteiger partial charge < -0.3 is 19.9 Å². The van der Waals surface area contributed by atoms with Crippen LogP contribution in [0.25, 0.3) is 0 Å². The number of rotatable bonds is 6. The molecule has 1 heterocycles. The number of amides is 1. The normalized spacial score (nSPS) is 19.8. The van der Waals surface area contributed by atoms with Gasteiger partial charge in [0.25, 0.3) is 5.91 Å². The monoisotopic (exact) mass is 398 g/mol. The van der Waals surface area contributed by atoms with Gasteiger partial charge in [-0.25, -0.2) is 4.39 Å². The van der Waals surface area contributed by atoms with E-state index in [1.54, 1.807) is 43.5 Å². The van der Waals surface area contributed by atoms with Gasteiger partial charge in [-0.2, -0.15) is 5.26 Å². The summed E-state index contributed by atoms with van der Waals surface area (Å²) in [6.07, 6.45) is 0. The molecule has 0 aliphatic carbocycles. The molecule has 0 saturated carbocycles. The van der Waals surface area contributed by atoms with Crippen molar-refractivity contribution in [1.82, 2.24) is 0 Å². The van der Waals surface area contributed by atoms with E-state index in [4.69, 9.17) is 10.00 Å². The molecule has 0 spiro atoms. The van der Waals surface area contributed by atoms with Crippen LogP contribution in [0, 0.1) is 17.1 Å². The number of carbonyl (C=O) groups excluding carboxylic acids is 1. The van der Waals surface area contributed by atoms with Crippen molar-refractivity contribution in [2.45, 2.75) is 19.5 Å². The summed E-state index contributed by atoms with van der Waals surface area (Å²) in [6.45, 7) is 6.20. The summed E-state index contributed by atoms with van der Waals surface area (Å²) in [6, 6.07) is 13.4. The first-order valence-corrected chi connectivity index (χ1v) is 9.81. The number of methoxy groups -OCH3 is 1. The molecule has 2 aromatic rings. The predicted molar refractivity (Wildman–Crippen MR) is 107 cm³/mol. The first kappa shape index (κ1) is 20.8. The van der Waals surface area contributed by atoms with Gasteiger partial charge in [-0.05, 0) is 49.4 Å². The maximum absolute atomic E-state index is 13.6. The number of benzene rings is 2. The lowest BCUT2D eigenvalue weighted by atomic mass is 10.1. The van der Waals surface area contributed by atoms with Gasteiger partial charge in [-0.15, -0.1) is 0 Å². The quantitative estimate of drug-likeness (QED) is 0.642. The van der Waals surface area contributed by atoms with Crippen molar-refractivity contribution >= 4 is 11.6 Å². The molecule has 1 aliphatic heterocycles. The van der Waals surface area contributed by atoms with Crippen molar-refractivity contribution < 1.29 is 23.7 Å². The molecule has 1 aliphatic rings. The van der Waals surface area contributed by atoms with Crippen LogP contribution < -0.4 is 19.9 Å². The Morgan fingerprint density at radius 1 is 1.21 bits per heavy atom. The van der Waals surface area contributed by atoms with Crippen LogP contribution in [0.3, 0.4) is 0 Å². The number of nitrogens with zero attached hydrogens (tertiary/aromatic N) is 1. The van der Waals surface area contributed by atoms with E-state index < -0.39 is 0 Å². The molecule has 29 heavy (non-hydrogen) atoms. The maximum atomic E-state index is 13.6. The average molecular weight is 398 g/mol. The summed E-state index contributed by atoms with van der Waals surface area (Å²) in [5, 5.41) is 11.8. The number of halogens is 1. The highest BCUT2D eigenvalue weighted by Gasteiger charge is 2.31. The molecule has 6 nitrogen and oxygen atoms in total. The topological polar surface area (TPSA) is 71.0 Å². The fraction of sp³-hybridized carbons (Fsp3) is 0.364. The molecule has 1 saturated heterocycles. The molecule has 2 aromatic carbocycles. The molecule has 1 amide bonds. The third-order valence-corrected chi connectivity index (χ3v) is 5.57. The molecule has 0 bridgehead atoms. The van der Waals surface area contributed by atoms with E-state index in [-0.39, 0.29) is 17.8 Å². The second kappa shape index (κ2) is 9.50. The Morgan fingerprint density at radius 3 is 2.52 bits per heavy atom. The van der Waals surface area contributed by atoms with Crippen LogP contribution >= 0.6 is 0 Å². The Bertz CT molecular complexity index is 887. The third-order valence-electron chi connectivity index (χ3n) is 5.57. The van der Waals surface area contributed by atoms with Crippen LogP contribution in [-0.2, 0) is 11.3 Å². The Labute approximate surface area is 170 Å². The van der Waals surface area contributed by atoms with Crippen LogP contribution in [0.15, 0.2) is 42.5 Å². The third kappa shape index (κ3) is 5.31. The minimum absolute atomic E-state index is 0.0278. The molecule has 0 aromatic heterocycles. The van der Waals surface area contributed by atoms with Crippen molar-refractivity contribution in [3.63, 3.8) is 0 Å². The van der Waals surface area contributed by atoms with Gasteiger partial charge in [-0.3, -0.25) is 4.79 Å². The molecule has 0 unspecified atom stereocenters. The number of hydrogen-bond donors (Lipinski definition) is 3. The molecular weight excluding hydrogens is 371 g/mol. The Hall–Kier alpha value is -2.95. The van der Waals surface area contributed by atoms with Crippen LogP contribution in [0.5, 0.6) is 5.75 Å². The van der Waals surface area contributed by atoms with Gasteiger partial charge >= 0.3 is 0 Å². The molecule has 152 valence electrons. The lowest BCUT2D eigenvalue weighted by Gasteiger charge is -2.32. The Kier molecular flexibility index (Phi) is 6.81. The van der Waals surface area contributed by atoms with Crippen LogP contribution in [-0.4, -0.2) is 45.2 Å². The lowest BCUT2D eigenvalue weighted by molar-refractivity contribution is -1.02. The van der Waals surface area contributed by atoms with E-state index in [0.29, 0.717) is 23.5 Å². The fourth-order valence-electron chi connectivity index (χ4n) is 3.75. The first-order valence-electron chi connectivity index (χ1n) is 9.81. The number of hydrogen-bond acceptors (Lipinski definition) is 3. The van der Waals surface area contributed by atoms with Crippen molar-refractivity contribution in [2.24, 2.45) is 0 Å². The van der Waals surface area contributed by atoms with Gasteiger partial charge in [0.15, 0.2) is 6.04 Å². The summed E-state index contributed by atoms with van der Waals surface area (Å²) < 4.78 is 18.9. The van der Waals surface area contributed by atoms with Crippen molar-refractivity contribution in [2.75, 3.05) is 38.6 Å². The van der Waals surface area contributed by atoms with Gasteiger partial charge in [0.2, 0.25) is 0 Å². The van der Waals surface area contributed by atoms with E-state index >= 15 is 0 Å². The van der Waals surface area contributed by atoms with E-state index in [2.05, 4.69) is 11.4 Å². The van der Waals surface area contributed by atoms with E-state index in [1.807, 2.05) is 6.92 Å². The minimum atomic E-state index is -0.252. The van der Waals surface area contributed by atoms with Gasteiger partial charge in [-0.1, -0.05) is 0 Å². The number of ether oxygens (including phenoxy) is 1. The predicted octanol–water partition coefficient (Wildman–Crippen LogP) is 0.0166. The number of nitriles is 1. The zero-order valence-electron chi connectivity index (χ0n) is 16.8. The van der Waals surface area contributed by atoms with Gasteiger partial charge in [0.05, 0.1) is 24.3 Å². The molecule has 3 N–H and O–H groups in total. The smallest absolute Gasteiger partial charge is 0.282 e. The van der Waals surface area contributed by atoms with E-state index in [9.17, 15) is 9.18 Å². The molecule has 0 radical (unpaired) electrons. The SMILES string of the molecule is COc1ccc(F)cc1C[NH+]1CC[NH+]([C@@H](C)C(=O)Nc2ccc(C#N)cc2)CC1. The van der Waals surface area contributed by atoms with Crippen molar-refractivity contribution in [3.05, 3.63) is 59.4 Å². The number of quaternary nitrogens is 2. The fourth-order valence-corrected chi connectivity index (χ4v) is 3.75. The Balaban J connectivity index is 1.52. The zero-order valence-corrected chi connectivity index (χ0v) is 16.8. The van der Waals surface area contributed by atoms with Crippen molar-refractivity contribution in [3.8, 4) is 11.8 Å². The molecule has 1 atom stereocenters. The molecule has 7 heteroatoms. The van der Waals surface area contributed by atoms with Crippen LogP contribution in [0.2, 0.25) is 0 Å². The van der Waals surface area contributed by atoms with E-state index in [1.165, 1.54) is 15.9 Å². The number of nitrogens with one attached hydrogen (secondary N) is 3. The minimum Gasteiger partial charge on any atom is -0.496 e. The highest BCUT2D eigenvalue weighted by molar-refractivity contribution is 5.93. The maximum Gasteiger partial charge on any atom is 0.282 e. The van der Waals surface area contributed by atoms with Crippen LogP contribution in [0.4, 0.5) is 10.1 Å². The standard InChI is InChI=1S/C22H25FN4O2/c1-16(22(28)25-20-6-3-17(14-24)4-7-20)27-11-9-26(10-12-27)15-18-13-19(23)5-8-21(18)29-2/h3-8,13,16H,9-12,15H2,1-2H3,(H,25,28)/p+2/t16-/m0/s1. The lowest BCUT2D eigenvalue weighted by Crippen LogP contribution is -3.29. The van der Waals surface area contributed by atoms with Crippen LogP contribution in [0.1, 0.15) is 18.1 Å². The van der Waals surface area contributed by atoms with Crippen molar-refractivity contribution in [1.29, 1.82) is 5.26 Å². The van der Waals surface area contributed by atoms with Gasteiger partial charge in [0, 0.05) is 5.69 Å². The van der Waals surface area contributed by atoms with E-state index in [0.717, 1.165) is 31.7 Å². The largest absolute Gasteiger partial charge is 0.496 e. The molecule has 3 rings (SSSR count). The summed E-state index contributed by atoms with van der Waals surface area (Å²) in [5.74, 6) is 0.432. The summed E-state index contributed by atoms with van der Waals surface area (Å²) >= 11 is 0. The number of anilines is 1. The second-order valence-electron chi connectivity index (χ2n) is 7.44. The highest BCUT2D eigenvalue weighted by atomic mass is 19.1. The molecular formula is C22H27FN4O2+2. The average Bonchev–Trinajstić information content (AvgIpc) is 2.74. The second-order valence-corrected chi connectivity index (χ2v) is 7.44. The summed E-state index contributed by atoms with van der Waals surface area (Å²) in [7, 11) is 1.60. The summed E-state index contributed by atoms with van der Waals surface area (Å²) in [4.78, 5) is 15.2. The number of carbonyl (C=O) groups is 1. The number of piperazine rings is 1. The highest BCUT2D eigenvalue weighted by Crippen LogP contribution is 2.18. The molecule has 1 fully saturated rings. The summed E-state index contributed by atoms with van der Waals surface area (Å²) in [5.41, 5.74) is 2.14. The Morgan fingerprint density at radius 2 is 1.90 bits per heavy atom. The zero-order chi connectivity index (χ0) is 20.8.